The van der Waals surface area contributed by atoms with Crippen molar-refractivity contribution in [1.29, 1.82) is 0 Å². The van der Waals surface area contributed by atoms with E-state index in [4.69, 9.17) is 21.7 Å². The minimum Gasteiger partial charge on any atom is -0.497 e. The molecule has 0 heterocycles. The molecule has 0 spiro atoms. The summed E-state index contributed by atoms with van der Waals surface area (Å²) in [6.45, 7) is 2.62. The van der Waals surface area contributed by atoms with Crippen molar-refractivity contribution in [1.82, 2.24) is 5.32 Å². The lowest BCUT2D eigenvalue weighted by Crippen LogP contribution is -2.34. The van der Waals surface area contributed by atoms with Crippen LogP contribution in [0.25, 0.3) is 0 Å². The fraction of sp³-hybridized carbons (Fsp3) is 0.350. The average molecular weight is 356 g/mol. The number of anilines is 1. The molecule has 0 fully saturated rings. The van der Waals surface area contributed by atoms with Crippen LogP contribution in [0.4, 0.5) is 5.69 Å². The summed E-state index contributed by atoms with van der Waals surface area (Å²) in [6, 6.07) is 14.3. The van der Waals surface area contributed by atoms with Gasteiger partial charge in [-0.25, -0.2) is 0 Å². The molecule has 1 aliphatic carbocycles. The number of hydrogen-bond donors (Lipinski definition) is 2. The lowest BCUT2D eigenvalue weighted by atomic mass is 9.87. The van der Waals surface area contributed by atoms with Crippen LogP contribution in [0.2, 0.25) is 0 Å². The molecule has 25 heavy (non-hydrogen) atoms. The first-order chi connectivity index (χ1) is 12.2. The van der Waals surface area contributed by atoms with Crippen LogP contribution in [-0.2, 0) is 6.42 Å². The standard InChI is InChI=1S/C20H24N2O2S/c1-3-24-17-8-5-7-15(13-17)21-20(25)22-19-9-4-6-14-12-16(23-2)10-11-18(14)19/h5,7-8,10-13,19H,3-4,6,9H2,1-2H3,(H2,21,22,25)/t19-/m0/s1. The highest BCUT2D eigenvalue weighted by Gasteiger charge is 2.21. The van der Waals surface area contributed by atoms with Crippen molar-refractivity contribution in [3.8, 4) is 11.5 Å². The molecular formula is C20H24N2O2S. The number of nitrogens with one attached hydrogen (secondary N) is 2. The third kappa shape index (κ3) is 4.42. The third-order valence-electron chi connectivity index (χ3n) is 4.37. The number of aryl methyl sites for hydroxylation is 1. The molecule has 2 N–H and O–H groups in total. The Morgan fingerprint density at radius 2 is 2.08 bits per heavy atom. The first-order valence-electron chi connectivity index (χ1n) is 8.66. The Bertz CT molecular complexity index is 748. The Morgan fingerprint density at radius 1 is 1.20 bits per heavy atom. The van der Waals surface area contributed by atoms with E-state index >= 15 is 0 Å². The summed E-state index contributed by atoms with van der Waals surface area (Å²) in [4.78, 5) is 0. The molecule has 0 saturated heterocycles. The molecule has 1 atom stereocenters. The highest BCUT2D eigenvalue weighted by molar-refractivity contribution is 7.80. The smallest absolute Gasteiger partial charge is 0.171 e. The van der Waals surface area contributed by atoms with E-state index in [1.54, 1.807) is 7.11 Å². The Balaban J connectivity index is 1.67. The summed E-state index contributed by atoms with van der Waals surface area (Å²) in [5, 5.41) is 7.34. The number of benzene rings is 2. The van der Waals surface area contributed by atoms with Crippen LogP contribution >= 0.6 is 12.2 Å². The van der Waals surface area contributed by atoms with Gasteiger partial charge in [0, 0.05) is 11.8 Å². The van der Waals surface area contributed by atoms with E-state index in [9.17, 15) is 0 Å². The second-order valence-electron chi connectivity index (χ2n) is 6.07. The van der Waals surface area contributed by atoms with Gasteiger partial charge >= 0.3 is 0 Å². The Labute approximate surface area is 154 Å². The number of hydrogen-bond acceptors (Lipinski definition) is 3. The van der Waals surface area contributed by atoms with Gasteiger partial charge in [-0.15, -0.1) is 0 Å². The van der Waals surface area contributed by atoms with Crippen molar-refractivity contribution in [2.24, 2.45) is 0 Å². The molecule has 5 heteroatoms. The van der Waals surface area contributed by atoms with Crippen LogP contribution in [0, 0.1) is 0 Å². The van der Waals surface area contributed by atoms with E-state index in [0.717, 1.165) is 36.4 Å². The summed E-state index contributed by atoms with van der Waals surface area (Å²) < 4.78 is 10.9. The normalized spacial score (nSPS) is 15.8. The molecule has 2 aromatic carbocycles. The Kier molecular flexibility index (Phi) is 5.76. The van der Waals surface area contributed by atoms with Crippen LogP contribution in [0.15, 0.2) is 42.5 Å². The number of fused-ring (bicyclic) bond motifs is 1. The summed E-state index contributed by atoms with van der Waals surface area (Å²) in [5.74, 6) is 1.75. The fourth-order valence-electron chi connectivity index (χ4n) is 3.22. The van der Waals surface area contributed by atoms with E-state index in [1.165, 1.54) is 11.1 Å². The fourth-order valence-corrected chi connectivity index (χ4v) is 3.48. The van der Waals surface area contributed by atoms with Gasteiger partial charge in [-0.05, 0) is 73.8 Å². The minimum atomic E-state index is 0.227. The van der Waals surface area contributed by atoms with Crippen molar-refractivity contribution in [2.75, 3.05) is 19.0 Å². The van der Waals surface area contributed by atoms with Gasteiger partial charge in [0.2, 0.25) is 0 Å². The summed E-state index contributed by atoms with van der Waals surface area (Å²) in [6.07, 6.45) is 3.29. The molecule has 0 aromatic heterocycles. The van der Waals surface area contributed by atoms with Gasteiger partial charge in [-0.1, -0.05) is 12.1 Å². The maximum absolute atomic E-state index is 5.53. The number of ether oxygens (including phenoxy) is 2. The zero-order chi connectivity index (χ0) is 17.6. The van der Waals surface area contributed by atoms with Gasteiger partial charge in [-0.2, -0.15) is 0 Å². The number of methoxy groups -OCH3 is 1. The van der Waals surface area contributed by atoms with Gasteiger partial charge in [0.1, 0.15) is 11.5 Å². The molecule has 0 amide bonds. The minimum absolute atomic E-state index is 0.227. The van der Waals surface area contributed by atoms with Gasteiger partial charge < -0.3 is 20.1 Å². The van der Waals surface area contributed by atoms with Crippen molar-refractivity contribution >= 4 is 23.0 Å². The predicted molar refractivity (Wildman–Crippen MR) is 106 cm³/mol. The molecule has 1 aliphatic rings. The highest BCUT2D eigenvalue weighted by Crippen LogP contribution is 2.32. The quantitative estimate of drug-likeness (QED) is 0.775. The number of thiocarbonyl (C=S) groups is 1. The Hall–Kier alpha value is -2.27. The van der Waals surface area contributed by atoms with E-state index < -0.39 is 0 Å². The van der Waals surface area contributed by atoms with Crippen molar-refractivity contribution < 1.29 is 9.47 Å². The third-order valence-corrected chi connectivity index (χ3v) is 4.59. The largest absolute Gasteiger partial charge is 0.497 e. The molecular weight excluding hydrogens is 332 g/mol. The van der Waals surface area contributed by atoms with Crippen LogP contribution in [0.1, 0.15) is 36.9 Å². The summed E-state index contributed by atoms with van der Waals surface area (Å²) in [5.41, 5.74) is 3.57. The van der Waals surface area contributed by atoms with E-state index in [2.05, 4.69) is 22.8 Å². The molecule has 4 nitrogen and oxygen atoms in total. The van der Waals surface area contributed by atoms with Crippen molar-refractivity contribution in [2.45, 2.75) is 32.2 Å². The van der Waals surface area contributed by atoms with Crippen molar-refractivity contribution in [3.05, 3.63) is 53.6 Å². The average Bonchev–Trinajstić information content (AvgIpc) is 2.62. The van der Waals surface area contributed by atoms with E-state index in [1.807, 2.05) is 37.3 Å². The SMILES string of the molecule is CCOc1cccc(NC(=S)N[C@H]2CCCc3cc(OC)ccc32)c1. The van der Waals surface area contributed by atoms with Gasteiger partial charge in [0.15, 0.2) is 5.11 Å². The van der Waals surface area contributed by atoms with Gasteiger partial charge in [-0.3, -0.25) is 0 Å². The second-order valence-corrected chi connectivity index (χ2v) is 6.48. The molecule has 132 valence electrons. The molecule has 0 aliphatic heterocycles. The molecule has 0 unspecified atom stereocenters. The maximum Gasteiger partial charge on any atom is 0.171 e. The van der Waals surface area contributed by atoms with E-state index in [-0.39, 0.29) is 6.04 Å². The van der Waals surface area contributed by atoms with Gasteiger partial charge in [0.05, 0.1) is 19.8 Å². The summed E-state index contributed by atoms with van der Waals surface area (Å²) in [7, 11) is 1.70. The van der Waals surface area contributed by atoms with E-state index in [0.29, 0.717) is 11.7 Å². The molecule has 0 radical (unpaired) electrons. The lowest BCUT2D eigenvalue weighted by Gasteiger charge is -2.28. The van der Waals surface area contributed by atoms with Gasteiger partial charge in [0.25, 0.3) is 0 Å². The first kappa shape index (κ1) is 17.5. The lowest BCUT2D eigenvalue weighted by molar-refractivity contribution is 0.340. The second kappa shape index (κ2) is 8.21. The zero-order valence-corrected chi connectivity index (χ0v) is 15.5. The van der Waals surface area contributed by atoms with Crippen LogP contribution in [0.3, 0.4) is 0 Å². The molecule has 0 saturated carbocycles. The summed E-state index contributed by atoms with van der Waals surface area (Å²) >= 11 is 5.51. The highest BCUT2D eigenvalue weighted by atomic mass is 32.1. The predicted octanol–water partition coefficient (Wildman–Crippen LogP) is 4.46. The monoisotopic (exact) mass is 356 g/mol. The topological polar surface area (TPSA) is 42.5 Å². The Morgan fingerprint density at radius 3 is 2.88 bits per heavy atom. The zero-order valence-electron chi connectivity index (χ0n) is 14.7. The van der Waals surface area contributed by atoms with Crippen LogP contribution < -0.4 is 20.1 Å². The van der Waals surface area contributed by atoms with Crippen LogP contribution in [0.5, 0.6) is 11.5 Å². The molecule has 3 rings (SSSR count). The number of rotatable bonds is 5. The first-order valence-corrected chi connectivity index (χ1v) is 9.07. The van der Waals surface area contributed by atoms with Crippen LogP contribution in [-0.4, -0.2) is 18.8 Å². The molecule has 0 bridgehead atoms. The molecule has 2 aromatic rings. The maximum atomic E-state index is 5.53. The van der Waals surface area contributed by atoms with Crippen molar-refractivity contribution in [3.63, 3.8) is 0 Å².